The fourth-order valence-electron chi connectivity index (χ4n) is 3.69. The molecule has 2 aliphatic rings. The highest BCUT2D eigenvalue weighted by Crippen LogP contribution is 2.64. The lowest BCUT2D eigenvalue weighted by Gasteiger charge is -2.30. The molecular weight excluding hydrogens is 470 g/mol. The van der Waals surface area contributed by atoms with Crippen molar-refractivity contribution in [1.29, 1.82) is 5.26 Å². The van der Waals surface area contributed by atoms with Gasteiger partial charge in [-0.25, -0.2) is 0 Å². The van der Waals surface area contributed by atoms with Gasteiger partial charge in [0, 0.05) is 17.1 Å². The van der Waals surface area contributed by atoms with Gasteiger partial charge in [0.25, 0.3) is 0 Å². The second kappa shape index (κ2) is 7.82. The largest absolute Gasteiger partial charge is 0.496 e. The summed E-state index contributed by atoms with van der Waals surface area (Å²) in [6.45, 7) is 0. The minimum Gasteiger partial charge on any atom is -0.496 e. The van der Waals surface area contributed by atoms with Crippen LogP contribution in [-0.4, -0.2) is 30.1 Å². The van der Waals surface area contributed by atoms with Gasteiger partial charge in [0.1, 0.15) is 5.75 Å². The summed E-state index contributed by atoms with van der Waals surface area (Å²) in [5.74, 6) is 8.11. The van der Waals surface area contributed by atoms with Gasteiger partial charge in [-0.3, -0.25) is 0 Å². The zero-order valence-corrected chi connectivity index (χ0v) is 19.0. The zero-order valence-electron chi connectivity index (χ0n) is 14.2. The molecule has 0 unspecified atom stereocenters. The molecule has 2 heterocycles. The molecule has 0 bridgehead atoms. The molecule has 0 radical (unpaired) electrons. The van der Waals surface area contributed by atoms with Gasteiger partial charge in [-0.2, -0.15) is 22.2 Å². The summed E-state index contributed by atoms with van der Waals surface area (Å²) in [4.78, 5) is 0. The molecule has 2 fully saturated rings. The predicted octanol–water partition coefficient (Wildman–Crippen LogP) is 6.38. The Bertz CT molecular complexity index is 647. The van der Waals surface area contributed by atoms with Crippen LogP contribution in [0.3, 0.4) is 0 Å². The summed E-state index contributed by atoms with van der Waals surface area (Å²) in [6.07, 6.45) is 5.27. The number of benzene rings is 1. The summed E-state index contributed by atoms with van der Waals surface area (Å²) in [5.41, 5.74) is 3.21. The van der Waals surface area contributed by atoms with Crippen molar-refractivity contribution in [3.63, 3.8) is 0 Å². The van der Waals surface area contributed by atoms with Crippen molar-refractivity contribution in [1.82, 2.24) is 0 Å². The molecule has 2 aliphatic heterocycles. The summed E-state index contributed by atoms with van der Waals surface area (Å²) in [7, 11) is 0.253. The van der Waals surface area contributed by atoms with E-state index in [2.05, 4.69) is 47.8 Å². The summed E-state index contributed by atoms with van der Waals surface area (Å²) >= 11 is 8.05. The number of nitrogens with zero attached hydrogens (tertiary/aromatic N) is 1. The van der Waals surface area contributed by atoms with E-state index in [0.717, 1.165) is 28.4 Å². The van der Waals surface area contributed by atoms with E-state index in [1.807, 2.05) is 0 Å². The Balaban J connectivity index is 1.90. The Hall–Kier alpha value is 0.170. The Morgan fingerprint density at radius 1 is 0.958 bits per heavy atom. The van der Waals surface area contributed by atoms with Crippen molar-refractivity contribution in [2.75, 3.05) is 30.1 Å². The molecule has 0 amide bonds. The summed E-state index contributed by atoms with van der Waals surface area (Å²) < 4.78 is 5.72. The number of halogens is 2. The third kappa shape index (κ3) is 4.28. The highest BCUT2D eigenvalue weighted by Gasteiger charge is 2.29. The van der Waals surface area contributed by atoms with Crippen LogP contribution >= 0.6 is 46.5 Å². The van der Waals surface area contributed by atoms with Gasteiger partial charge in [-0.15, -0.1) is 0 Å². The van der Waals surface area contributed by atoms with Crippen molar-refractivity contribution in [2.24, 2.45) is 0 Å². The van der Waals surface area contributed by atoms with Crippen LogP contribution in [0.1, 0.15) is 42.4 Å². The van der Waals surface area contributed by atoms with Crippen LogP contribution in [0.4, 0.5) is 0 Å². The van der Waals surface area contributed by atoms with Crippen molar-refractivity contribution in [3.8, 4) is 11.8 Å². The quantitative estimate of drug-likeness (QED) is 0.475. The number of methoxy groups -OCH3 is 1. The molecule has 2 nitrogen and oxygen atoms in total. The van der Waals surface area contributed by atoms with Crippen LogP contribution in [0.25, 0.3) is 0 Å². The molecule has 0 saturated carbocycles. The van der Waals surface area contributed by atoms with Crippen LogP contribution in [0.15, 0.2) is 12.1 Å². The maximum Gasteiger partial charge on any atom is 0.123 e. The molecule has 0 atom stereocenters. The maximum absolute atomic E-state index is 9.69. The van der Waals surface area contributed by atoms with Crippen molar-refractivity contribution in [3.05, 3.63) is 28.8 Å². The monoisotopic (exact) mass is 493 g/mol. The SMILES string of the molecule is COc1cc(CS2(Br)CCCC2)c(C#N)cc1CS1(Br)CCCC1. The van der Waals surface area contributed by atoms with E-state index in [1.165, 1.54) is 54.3 Å². The first-order chi connectivity index (χ1) is 11.5. The molecule has 24 heavy (non-hydrogen) atoms. The highest BCUT2D eigenvalue weighted by atomic mass is 79.9. The molecule has 0 spiro atoms. The maximum atomic E-state index is 9.69. The van der Waals surface area contributed by atoms with E-state index in [1.54, 1.807) is 7.11 Å². The van der Waals surface area contributed by atoms with Gasteiger partial charge < -0.3 is 4.74 Å². The molecule has 2 saturated heterocycles. The van der Waals surface area contributed by atoms with Gasteiger partial charge >= 0.3 is 0 Å². The normalized spacial score (nSPS) is 24.2. The molecule has 0 aliphatic carbocycles. The Labute approximate surface area is 163 Å². The van der Waals surface area contributed by atoms with E-state index in [-0.39, 0.29) is 0 Å². The zero-order chi connectivity index (χ0) is 17.2. The van der Waals surface area contributed by atoms with Crippen LogP contribution in [-0.2, 0) is 11.5 Å². The molecule has 1 aromatic carbocycles. The first-order valence-electron chi connectivity index (χ1n) is 8.49. The van der Waals surface area contributed by atoms with Crippen LogP contribution in [0.2, 0.25) is 0 Å². The lowest BCUT2D eigenvalue weighted by Crippen LogP contribution is -2.05. The second-order valence-electron chi connectivity index (χ2n) is 6.83. The fraction of sp³-hybridized carbons (Fsp3) is 0.611. The lowest BCUT2D eigenvalue weighted by atomic mass is 10.1. The van der Waals surface area contributed by atoms with Gasteiger partial charge in [-0.1, -0.05) is 0 Å². The van der Waals surface area contributed by atoms with Crippen LogP contribution in [0, 0.1) is 11.3 Å². The Kier molecular flexibility index (Phi) is 6.17. The van der Waals surface area contributed by atoms with Crippen molar-refractivity contribution >= 4 is 46.5 Å². The predicted molar refractivity (Wildman–Crippen MR) is 116 cm³/mol. The number of ether oxygens (including phenoxy) is 1. The lowest BCUT2D eigenvalue weighted by molar-refractivity contribution is 0.411. The average Bonchev–Trinajstić information content (AvgIpc) is 3.17. The Morgan fingerprint density at radius 2 is 1.46 bits per heavy atom. The standard InChI is InChI=1S/C18H25Br2NOS2/c1-22-18-11-16(13-23(19)6-2-3-7-23)15(12-21)10-17(18)14-24(20)8-4-5-9-24/h10-11H,2-9,13-14H2,1H3. The highest BCUT2D eigenvalue weighted by molar-refractivity contribution is 9.58. The number of hydrogen-bond donors (Lipinski definition) is 0. The molecule has 1 aromatic rings. The number of rotatable bonds is 5. The van der Waals surface area contributed by atoms with Crippen LogP contribution < -0.4 is 4.74 Å². The number of hydrogen-bond acceptors (Lipinski definition) is 2. The first-order valence-corrected chi connectivity index (χ1v) is 16.5. The third-order valence-electron chi connectivity index (χ3n) is 5.00. The average molecular weight is 495 g/mol. The minimum atomic E-state index is -0.760. The van der Waals surface area contributed by atoms with E-state index in [4.69, 9.17) is 4.74 Å². The van der Waals surface area contributed by atoms with Crippen molar-refractivity contribution in [2.45, 2.75) is 37.2 Å². The Morgan fingerprint density at radius 3 is 1.92 bits per heavy atom. The smallest absolute Gasteiger partial charge is 0.123 e. The number of nitriles is 1. The molecular formula is C18H25Br2NOS2. The molecule has 134 valence electrons. The van der Waals surface area contributed by atoms with E-state index in [0.29, 0.717) is 0 Å². The summed E-state index contributed by atoms with van der Waals surface area (Å²) in [5, 5.41) is 9.69. The molecule has 3 rings (SSSR count). The second-order valence-corrected chi connectivity index (χ2v) is 21.0. The minimum absolute atomic E-state index is 0.743. The van der Waals surface area contributed by atoms with E-state index in [9.17, 15) is 5.26 Å². The van der Waals surface area contributed by atoms with Gasteiger partial charge in [0.2, 0.25) is 0 Å². The van der Waals surface area contributed by atoms with E-state index >= 15 is 0 Å². The van der Waals surface area contributed by atoms with Gasteiger partial charge in [0.05, 0.1) is 18.7 Å². The topological polar surface area (TPSA) is 33.0 Å². The molecule has 0 N–H and O–H groups in total. The van der Waals surface area contributed by atoms with Crippen LogP contribution in [0.5, 0.6) is 5.75 Å². The fourth-order valence-corrected chi connectivity index (χ4v) is 13.4. The van der Waals surface area contributed by atoms with Gasteiger partial charge in [0.15, 0.2) is 0 Å². The molecule has 0 aromatic heterocycles. The molecule has 6 heteroatoms. The first kappa shape index (κ1) is 18.9. The third-order valence-corrected chi connectivity index (χ3v) is 16.0. The van der Waals surface area contributed by atoms with E-state index < -0.39 is 16.9 Å². The van der Waals surface area contributed by atoms with Crippen molar-refractivity contribution < 1.29 is 4.74 Å². The van der Waals surface area contributed by atoms with Gasteiger partial charge in [-0.05, 0) is 96.0 Å². The summed E-state index contributed by atoms with van der Waals surface area (Å²) in [6, 6.07) is 6.70.